The number of fused-ring (bicyclic) bond motifs is 3. The fourth-order valence-corrected chi connectivity index (χ4v) is 4.66. The number of rotatable bonds is 15. The van der Waals surface area contributed by atoms with Crippen LogP contribution in [0.25, 0.3) is 10.9 Å². The fourth-order valence-electron chi connectivity index (χ4n) is 4.66. The average Bonchev–Trinajstić information content (AvgIpc) is 3.16. The summed E-state index contributed by atoms with van der Waals surface area (Å²) in [6, 6.07) is 8.69. The predicted octanol–water partition coefficient (Wildman–Crippen LogP) is 8.55. The van der Waals surface area contributed by atoms with E-state index in [0.717, 1.165) is 19.4 Å². The molecule has 2 nitrogen and oxygen atoms in total. The SMILES string of the molecule is CCCCCCCC/C=C\CCCCCCCC1=NCCc2c1[nH]c1ccccc21. The first-order valence-electron chi connectivity index (χ1n) is 12.7. The summed E-state index contributed by atoms with van der Waals surface area (Å²) in [6.07, 6.45) is 24.6. The topological polar surface area (TPSA) is 28.1 Å². The number of para-hydroxylation sites is 1. The zero-order chi connectivity index (χ0) is 20.9. The number of hydrogen-bond acceptors (Lipinski definition) is 1. The molecule has 1 aliphatic rings. The third-order valence-corrected chi connectivity index (χ3v) is 6.44. The minimum absolute atomic E-state index is 0.954. The van der Waals surface area contributed by atoms with Crippen molar-refractivity contribution in [1.29, 1.82) is 0 Å². The van der Waals surface area contributed by atoms with E-state index in [0.29, 0.717) is 0 Å². The number of nitrogens with zero attached hydrogens (tertiary/aromatic N) is 1. The lowest BCUT2D eigenvalue weighted by molar-refractivity contribution is 0.609. The Hall–Kier alpha value is -1.83. The largest absolute Gasteiger partial charge is 0.353 e. The number of nitrogens with one attached hydrogen (secondary N) is 1. The molecule has 0 bridgehead atoms. The van der Waals surface area contributed by atoms with Gasteiger partial charge < -0.3 is 4.98 Å². The molecule has 0 spiro atoms. The highest BCUT2D eigenvalue weighted by Crippen LogP contribution is 2.27. The van der Waals surface area contributed by atoms with Crippen molar-refractivity contribution in [3.05, 3.63) is 47.7 Å². The Labute approximate surface area is 184 Å². The van der Waals surface area contributed by atoms with E-state index in [1.165, 1.54) is 111 Å². The maximum Gasteiger partial charge on any atom is 0.0638 e. The first-order valence-corrected chi connectivity index (χ1v) is 12.7. The van der Waals surface area contributed by atoms with Crippen LogP contribution in [0.15, 0.2) is 41.4 Å². The van der Waals surface area contributed by atoms with Gasteiger partial charge in [0.2, 0.25) is 0 Å². The molecular weight excluding hydrogens is 364 g/mol. The van der Waals surface area contributed by atoms with Crippen molar-refractivity contribution < 1.29 is 0 Å². The summed E-state index contributed by atoms with van der Waals surface area (Å²) in [4.78, 5) is 8.48. The lowest BCUT2D eigenvalue weighted by atomic mass is 9.98. The monoisotopic (exact) mass is 406 g/mol. The Balaban J connectivity index is 1.22. The molecule has 0 saturated heterocycles. The van der Waals surface area contributed by atoms with Gasteiger partial charge in [-0.25, -0.2) is 0 Å². The summed E-state index contributed by atoms with van der Waals surface area (Å²) in [5, 5.41) is 1.39. The minimum atomic E-state index is 0.954. The van der Waals surface area contributed by atoms with E-state index in [1.807, 2.05) is 0 Å². The molecule has 1 N–H and O–H groups in total. The number of benzene rings is 1. The van der Waals surface area contributed by atoms with E-state index in [9.17, 15) is 0 Å². The normalized spacial score (nSPS) is 13.8. The number of aromatic nitrogens is 1. The second-order valence-corrected chi connectivity index (χ2v) is 8.94. The number of H-pyrrole nitrogens is 1. The van der Waals surface area contributed by atoms with Gasteiger partial charge in [-0.05, 0) is 56.6 Å². The molecule has 0 aliphatic carbocycles. The van der Waals surface area contributed by atoms with Crippen LogP contribution in [0.4, 0.5) is 0 Å². The molecule has 0 saturated carbocycles. The fraction of sp³-hybridized carbons (Fsp3) is 0.607. The van der Waals surface area contributed by atoms with Gasteiger partial charge in [-0.3, -0.25) is 4.99 Å². The number of aromatic amines is 1. The van der Waals surface area contributed by atoms with E-state index < -0.39 is 0 Å². The van der Waals surface area contributed by atoms with Gasteiger partial charge in [0.1, 0.15) is 0 Å². The van der Waals surface area contributed by atoms with Crippen molar-refractivity contribution in [2.24, 2.45) is 4.99 Å². The Morgan fingerprint density at radius 1 is 0.833 bits per heavy atom. The summed E-state index contributed by atoms with van der Waals surface area (Å²) in [6.45, 7) is 3.24. The van der Waals surface area contributed by atoms with Crippen molar-refractivity contribution in [3.63, 3.8) is 0 Å². The highest BCUT2D eigenvalue weighted by Gasteiger charge is 2.18. The zero-order valence-electron chi connectivity index (χ0n) is 19.2. The molecule has 0 unspecified atom stereocenters. The van der Waals surface area contributed by atoms with E-state index in [-0.39, 0.29) is 0 Å². The summed E-state index contributed by atoms with van der Waals surface area (Å²) < 4.78 is 0. The van der Waals surface area contributed by atoms with Crippen molar-refractivity contribution in [3.8, 4) is 0 Å². The van der Waals surface area contributed by atoms with Crippen LogP contribution in [0, 0.1) is 0 Å². The molecule has 0 amide bonds. The van der Waals surface area contributed by atoms with Crippen molar-refractivity contribution in [1.82, 2.24) is 4.98 Å². The van der Waals surface area contributed by atoms with Crippen molar-refractivity contribution in [2.75, 3.05) is 6.54 Å². The first-order chi connectivity index (χ1) is 14.9. The smallest absolute Gasteiger partial charge is 0.0638 e. The lowest BCUT2D eigenvalue weighted by Crippen LogP contribution is -2.12. The van der Waals surface area contributed by atoms with Gasteiger partial charge in [0.25, 0.3) is 0 Å². The average molecular weight is 407 g/mol. The molecule has 1 aromatic carbocycles. The van der Waals surface area contributed by atoms with E-state index in [2.05, 4.69) is 48.3 Å². The Morgan fingerprint density at radius 3 is 2.27 bits per heavy atom. The molecule has 0 fully saturated rings. The Kier molecular flexibility index (Phi) is 10.3. The highest BCUT2D eigenvalue weighted by atomic mass is 14.8. The molecule has 30 heavy (non-hydrogen) atoms. The number of allylic oxidation sites excluding steroid dienone is 2. The van der Waals surface area contributed by atoms with Crippen LogP contribution in [0.5, 0.6) is 0 Å². The summed E-state index contributed by atoms with van der Waals surface area (Å²) in [5.74, 6) is 0. The van der Waals surface area contributed by atoms with Crippen LogP contribution >= 0.6 is 0 Å². The van der Waals surface area contributed by atoms with Crippen molar-refractivity contribution >= 4 is 16.6 Å². The van der Waals surface area contributed by atoms with Gasteiger partial charge >= 0.3 is 0 Å². The van der Waals surface area contributed by atoms with Gasteiger partial charge in [-0.1, -0.05) is 88.6 Å². The van der Waals surface area contributed by atoms with Crippen LogP contribution < -0.4 is 0 Å². The molecule has 164 valence electrons. The van der Waals surface area contributed by atoms with Crippen LogP contribution in [-0.2, 0) is 6.42 Å². The van der Waals surface area contributed by atoms with Crippen LogP contribution in [-0.4, -0.2) is 17.2 Å². The molecule has 1 aromatic heterocycles. The van der Waals surface area contributed by atoms with Crippen LogP contribution in [0.2, 0.25) is 0 Å². The first kappa shape index (κ1) is 22.8. The number of hydrogen-bond donors (Lipinski definition) is 1. The summed E-state index contributed by atoms with van der Waals surface area (Å²) >= 11 is 0. The number of unbranched alkanes of at least 4 members (excludes halogenated alkanes) is 11. The van der Waals surface area contributed by atoms with E-state index in [4.69, 9.17) is 4.99 Å². The molecule has 1 aliphatic heterocycles. The number of aliphatic imine (C=N–C) groups is 1. The Bertz CT molecular complexity index is 796. The van der Waals surface area contributed by atoms with Crippen LogP contribution in [0.1, 0.15) is 108 Å². The van der Waals surface area contributed by atoms with E-state index in [1.54, 1.807) is 0 Å². The van der Waals surface area contributed by atoms with Gasteiger partial charge in [-0.2, -0.15) is 0 Å². The molecule has 3 rings (SSSR count). The highest BCUT2D eigenvalue weighted by molar-refractivity contribution is 6.06. The lowest BCUT2D eigenvalue weighted by Gasteiger charge is -2.13. The molecular formula is C28H42N2. The molecule has 2 aromatic rings. The Morgan fingerprint density at radius 2 is 1.50 bits per heavy atom. The quantitative estimate of drug-likeness (QED) is 0.227. The maximum absolute atomic E-state index is 4.85. The third-order valence-electron chi connectivity index (χ3n) is 6.44. The summed E-state index contributed by atoms with van der Waals surface area (Å²) in [5.41, 5.74) is 5.38. The molecule has 0 radical (unpaired) electrons. The summed E-state index contributed by atoms with van der Waals surface area (Å²) in [7, 11) is 0. The third kappa shape index (κ3) is 7.15. The van der Waals surface area contributed by atoms with Gasteiger partial charge in [-0.15, -0.1) is 0 Å². The second-order valence-electron chi connectivity index (χ2n) is 8.94. The maximum atomic E-state index is 4.85. The predicted molar refractivity (Wildman–Crippen MR) is 133 cm³/mol. The van der Waals surface area contributed by atoms with E-state index >= 15 is 0 Å². The van der Waals surface area contributed by atoms with Gasteiger partial charge in [0.15, 0.2) is 0 Å². The van der Waals surface area contributed by atoms with Crippen LogP contribution in [0.3, 0.4) is 0 Å². The van der Waals surface area contributed by atoms with Gasteiger partial charge in [0.05, 0.1) is 11.4 Å². The second kappa shape index (κ2) is 13.5. The molecule has 2 heteroatoms. The standard InChI is InChI=1S/C28H42N2/c1-2-3-4-5-6-7-8-9-10-11-12-13-14-15-16-21-27-28-25(22-23-29-27)24-19-17-18-20-26(24)30-28/h9-10,17-20,30H,2-8,11-16,21-23H2,1H3/b10-9-. The van der Waals surface area contributed by atoms with Crippen molar-refractivity contribution in [2.45, 2.75) is 103 Å². The van der Waals surface area contributed by atoms with Gasteiger partial charge in [0, 0.05) is 17.4 Å². The minimum Gasteiger partial charge on any atom is -0.353 e. The molecule has 2 heterocycles. The molecule has 0 atom stereocenters. The zero-order valence-corrected chi connectivity index (χ0v) is 19.2.